The van der Waals surface area contributed by atoms with Gasteiger partial charge in [0.2, 0.25) is 0 Å². The highest BCUT2D eigenvalue weighted by Crippen LogP contribution is 2.22. The molecule has 2 aromatic rings. The summed E-state index contributed by atoms with van der Waals surface area (Å²) >= 11 is 0. The third-order valence-electron chi connectivity index (χ3n) is 4.41. The summed E-state index contributed by atoms with van der Waals surface area (Å²) < 4.78 is 0. The summed E-state index contributed by atoms with van der Waals surface area (Å²) in [6, 6.07) is 14.6. The number of benzene rings is 2. The fourth-order valence-electron chi connectivity index (χ4n) is 3.04. The lowest BCUT2D eigenvalue weighted by Crippen LogP contribution is -2.23. The standard InChI is InChI=1S/C20H23NO/c1-15-6-8-16(9-7-15)13-21-14-20(22)19-11-10-17-4-2-3-5-18(17)12-19/h6-12,21H,2-5,13-14H2,1H3. The van der Waals surface area contributed by atoms with E-state index in [4.69, 9.17) is 0 Å². The van der Waals surface area contributed by atoms with E-state index in [2.05, 4.69) is 48.6 Å². The first kappa shape index (κ1) is 15.0. The first-order valence-electron chi connectivity index (χ1n) is 8.13. The van der Waals surface area contributed by atoms with E-state index in [-0.39, 0.29) is 5.78 Å². The zero-order valence-corrected chi connectivity index (χ0v) is 13.2. The van der Waals surface area contributed by atoms with Crippen molar-refractivity contribution >= 4 is 5.78 Å². The SMILES string of the molecule is Cc1ccc(CNCC(=O)c2ccc3c(c2)CCCC3)cc1. The van der Waals surface area contributed by atoms with Crippen LogP contribution >= 0.6 is 0 Å². The van der Waals surface area contributed by atoms with Gasteiger partial charge in [-0.25, -0.2) is 0 Å². The maximum atomic E-state index is 12.3. The summed E-state index contributed by atoms with van der Waals surface area (Å²) in [5, 5.41) is 3.25. The van der Waals surface area contributed by atoms with Crippen molar-refractivity contribution < 1.29 is 4.79 Å². The van der Waals surface area contributed by atoms with E-state index in [0.717, 1.165) is 24.9 Å². The van der Waals surface area contributed by atoms with Gasteiger partial charge in [-0.2, -0.15) is 0 Å². The predicted molar refractivity (Wildman–Crippen MR) is 90.3 cm³/mol. The van der Waals surface area contributed by atoms with Crippen molar-refractivity contribution in [3.8, 4) is 0 Å². The van der Waals surface area contributed by atoms with E-state index in [0.29, 0.717) is 6.54 Å². The van der Waals surface area contributed by atoms with Gasteiger partial charge in [-0.3, -0.25) is 4.79 Å². The fraction of sp³-hybridized carbons (Fsp3) is 0.350. The van der Waals surface area contributed by atoms with Crippen molar-refractivity contribution in [3.63, 3.8) is 0 Å². The van der Waals surface area contributed by atoms with E-state index in [1.54, 1.807) is 0 Å². The number of nitrogens with one attached hydrogen (secondary N) is 1. The molecule has 1 aliphatic rings. The number of carbonyl (C=O) groups is 1. The van der Waals surface area contributed by atoms with Crippen molar-refractivity contribution in [3.05, 3.63) is 70.3 Å². The molecule has 0 saturated heterocycles. The smallest absolute Gasteiger partial charge is 0.176 e. The van der Waals surface area contributed by atoms with Crippen LogP contribution in [0.15, 0.2) is 42.5 Å². The number of carbonyl (C=O) groups excluding carboxylic acids is 1. The Morgan fingerprint density at radius 1 is 1.00 bits per heavy atom. The number of hydrogen-bond acceptors (Lipinski definition) is 2. The predicted octanol–water partition coefficient (Wildman–Crippen LogP) is 3.85. The van der Waals surface area contributed by atoms with Crippen LogP contribution in [-0.4, -0.2) is 12.3 Å². The Balaban J connectivity index is 1.56. The van der Waals surface area contributed by atoms with Gasteiger partial charge in [0, 0.05) is 12.1 Å². The molecule has 1 aliphatic carbocycles. The molecule has 0 amide bonds. The van der Waals surface area contributed by atoms with E-state index in [9.17, 15) is 4.79 Å². The Hall–Kier alpha value is -1.93. The molecule has 2 heteroatoms. The molecule has 2 nitrogen and oxygen atoms in total. The van der Waals surface area contributed by atoms with Crippen LogP contribution in [-0.2, 0) is 19.4 Å². The second-order valence-corrected chi connectivity index (χ2v) is 6.20. The van der Waals surface area contributed by atoms with Gasteiger partial charge in [-0.1, -0.05) is 42.0 Å². The largest absolute Gasteiger partial charge is 0.306 e. The highest BCUT2D eigenvalue weighted by molar-refractivity contribution is 5.97. The van der Waals surface area contributed by atoms with Gasteiger partial charge in [0.05, 0.1) is 6.54 Å². The fourth-order valence-corrected chi connectivity index (χ4v) is 3.04. The highest BCUT2D eigenvalue weighted by Gasteiger charge is 2.12. The molecule has 0 fully saturated rings. The van der Waals surface area contributed by atoms with E-state index < -0.39 is 0 Å². The van der Waals surface area contributed by atoms with E-state index in [1.807, 2.05) is 6.07 Å². The first-order chi connectivity index (χ1) is 10.7. The van der Waals surface area contributed by atoms with Crippen LogP contribution in [0.25, 0.3) is 0 Å². The van der Waals surface area contributed by atoms with E-state index in [1.165, 1.54) is 35.1 Å². The van der Waals surface area contributed by atoms with Crippen molar-refractivity contribution in [2.24, 2.45) is 0 Å². The van der Waals surface area contributed by atoms with Crippen LogP contribution in [0.1, 0.15) is 45.5 Å². The molecule has 0 radical (unpaired) electrons. The molecule has 0 heterocycles. The molecule has 1 N–H and O–H groups in total. The zero-order chi connectivity index (χ0) is 15.4. The number of aryl methyl sites for hydroxylation is 3. The summed E-state index contributed by atoms with van der Waals surface area (Å²) in [5.74, 6) is 0.181. The van der Waals surface area contributed by atoms with Crippen LogP contribution in [0.4, 0.5) is 0 Å². The Kier molecular flexibility index (Phi) is 4.69. The van der Waals surface area contributed by atoms with Crippen LogP contribution in [0, 0.1) is 6.92 Å². The monoisotopic (exact) mass is 293 g/mol. The Morgan fingerprint density at radius 3 is 2.50 bits per heavy atom. The van der Waals surface area contributed by atoms with Crippen molar-refractivity contribution in [2.45, 2.75) is 39.2 Å². The number of ketones is 1. The summed E-state index contributed by atoms with van der Waals surface area (Å²) in [6.07, 6.45) is 4.80. The molecular weight excluding hydrogens is 270 g/mol. The molecule has 0 unspecified atom stereocenters. The first-order valence-corrected chi connectivity index (χ1v) is 8.13. The molecule has 22 heavy (non-hydrogen) atoms. The maximum absolute atomic E-state index is 12.3. The molecule has 0 bridgehead atoms. The van der Waals surface area contributed by atoms with Gasteiger partial charge in [0.25, 0.3) is 0 Å². The van der Waals surface area contributed by atoms with Crippen molar-refractivity contribution in [1.82, 2.24) is 5.32 Å². The lowest BCUT2D eigenvalue weighted by atomic mass is 9.90. The second kappa shape index (κ2) is 6.89. The number of hydrogen-bond donors (Lipinski definition) is 1. The molecule has 2 aromatic carbocycles. The van der Waals surface area contributed by atoms with Gasteiger partial charge < -0.3 is 5.32 Å². The van der Waals surface area contributed by atoms with Crippen LogP contribution in [0.3, 0.4) is 0 Å². The Labute approximate surface area is 132 Å². The molecule has 0 saturated carbocycles. The lowest BCUT2D eigenvalue weighted by Gasteiger charge is -2.16. The van der Waals surface area contributed by atoms with Gasteiger partial charge in [-0.15, -0.1) is 0 Å². The van der Waals surface area contributed by atoms with Crippen LogP contribution < -0.4 is 5.32 Å². The molecule has 114 valence electrons. The minimum atomic E-state index is 0.181. The lowest BCUT2D eigenvalue weighted by molar-refractivity contribution is 0.0990. The minimum Gasteiger partial charge on any atom is -0.306 e. The topological polar surface area (TPSA) is 29.1 Å². The number of rotatable bonds is 5. The summed E-state index contributed by atoms with van der Waals surface area (Å²) in [4.78, 5) is 12.3. The number of fused-ring (bicyclic) bond motifs is 1. The van der Waals surface area contributed by atoms with Crippen molar-refractivity contribution in [1.29, 1.82) is 0 Å². The molecule has 3 rings (SSSR count). The highest BCUT2D eigenvalue weighted by atomic mass is 16.1. The van der Waals surface area contributed by atoms with Crippen LogP contribution in [0.2, 0.25) is 0 Å². The molecule has 0 spiro atoms. The molecule has 0 aliphatic heterocycles. The summed E-state index contributed by atoms with van der Waals surface area (Å²) in [7, 11) is 0. The van der Waals surface area contributed by atoms with Crippen molar-refractivity contribution in [2.75, 3.05) is 6.54 Å². The van der Waals surface area contributed by atoms with Gasteiger partial charge in [-0.05, 0) is 55.4 Å². The number of Topliss-reactive ketones (excluding diaryl/α,β-unsaturated/α-hetero) is 1. The molecule has 0 aromatic heterocycles. The third kappa shape index (κ3) is 3.63. The van der Waals surface area contributed by atoms with Gasteiger partial charge >= 0.3 is 0 Å². The van der Waals surface area contributed by atoms with Crippen LogP contribution in [0.5, 0.6) is 0 Å². The Morgan fingerprint density at radius 2 is 1.73 bits per heavy atom. The molecule has 0 atom stereocenters. The van der Waals surface area contributed by atoms with Gasteiger partial charge in [0.1, 0.15) is 0 Å². The Bertz CT molecular complexity index is 658. The normalized spacial score (nSPS) is 13.7. The minimum absolute atomic E-state index is 0.181. The molecular formula is C20H23NO. The zero-order valence-electron chi connectivity index (χ0n) is 13.2. The quantitative estimate of drug-likeness (QED) is 0.849. The van der Waals surface area contributed by atoms with Gasteiger partial charge in [0.15, 0.2) is 5.78 Å². The average Bonchev–Trinajstić information content (AvgIpc) is 2.56. The second-order valence-electron chi connectivity index (χ2n) is 6.20. The summed E-state index contributed by atoms with van der Waals surface area (Å²) in [6.45, 7) is 3.21. The maximum Gasteiger partial charge on any atom is 0.176 e. The van der Waals surface area contributed by atoms with E-state index >= 15 is 0 Å². The average molecular weight is 293 g/mol. The third-order valence-corrected chi connectivity index (χ3v) is 4.41. The summed E-state index contributed by atoms with van der Waals surface area (Å²) in [5.41, 5.74) is 6.11.